The largest absolute Gasteiger partial charge is 0.345 e. The summed E-state index contributed by atoms with van der Waals surface area (Å²) >= 11 is 0. The van der Waals surface area contributed by atoms with E-state index in [0.717, 1.165) is 44.8 Å². The Morgan fingerprint density at radius 3 is 2.73 bits per heavy atom. The van der Waals surface area contributed by atoms with E-state index in [0.29, 0.717) is 19.0 Å². The van der Waals surface area contributed by atoms with Gasteiger partial charge in [-0.05, 0) is 58.1 Å². The third kappa shape index (κ3) is 4.40. The molecule has 1 aliphatic heterocycles. The van der Waals surface area contributed by atoms with Crippen LogP contribution in [0.4, 0.5) is 0 Å². The summed E-state index contributed by atoms with van der Waals surface area (Å²) in [4.78, 5) is 21.3. The first kappa shape index (κ1) is 18.8. The summed E-state index contributed by atoms with van der Waals surface area (Å²) in [6.45, 7) is 7.13. The van der Waals surface area contributed by atoms with Crippen molar-refractivity contribution >= 4 is 0 Å². The van der Waals surface area contributed by atoms with Gasteiger partial charge in [0.25, 0.3) is 0 Å². The maximum atomic E-state index is 12.7. The molecule has 2 aromatic rings. The standard InChI is InChI=1S/C19H30N6O/c1-4-24-18(21-25(19(24)26)13-12-22(2)3)17-6-5-11-23(15-17)14-16-7-9-20-10-8-16/h7-10,17H,4-6,11-15H2,1-3H3. The van der Waals surface area contributed by atoms with Gasteiger partial charge < -0.3 is 4.90 Å². The molecule has 3 heterocycles. The van der Waals surface area contributed by atoms with Crippen LogP contribution >= 0.6 is 0 Å². The lowest BCUT2D eigenvalue weighted by Crippen LogP contribution is -2.35. The van der Waals surface area contributed by atoms with Crippen LogP contribution in [0.15, 0.2) is 29.3 Å². The summed E-state index contributed by atoms with van der Waals surface area (Å²) in [5, 5.41) is 4.72. The lowest BCUT2D eigenvalue weighted by atomic mass is 9.96. The molecule has 0 spiro atoms. The molecule has 26 heavy (non-hydrogen) atoms. The minimum atomic E-state index is 0.0237. The van der Waals surface area contributed by atoms with Crippen molar-refractivity contribution in [2.45, 2.75) is 45.3 Å². The van der Waals surface area contributed by atoms with Crippen molar-refractivity contribution < 1.29 is 0 Å². The fraction of sp³-hybridized carbons (Fsp3) is 0.632. The van der Waals surface area contributed by atoms with E-state index in [9.17, 15) is 4.79 Å². The van der Waals surface area contributed by atoms with Gasteiger partial charge in [0, 0.05) is 44.5 Å². The number of aromatic nitrogens is 4. The van der Waals surface area contributed by atoms with Crippen molar-refractivity contribution in [2.75, 3.05) is 33.7 Å². The number of pyridine rings is 1. The number of nitrogens with zero attached hydrogens (tertiary/aromatic N) is 6. The van der Waals surface area contributed by atoms with Crippen molar-refractivity contribution in [3.8, 4) is 0 Å². The SMILES string of the molecule is CCn1c(C2CCCN(Cc3ccncc3)C2)nn(CCN(C)C)c1=O. The minimum absolute atomic E-state index is 0.0237. The normalized spacial score (nSPS) is 18.5. The van der Waals surface area contributed by atoms with Crippen LogP contribution in [0.25, 0.3) is 0 Å². The lowest BCUT2D eigenvalue weighted by Gasteiger charge is -2.32. The van der Waals surface area contributed by atoms with Gasteiger partial charge in [-0.25, -0.2) is 9.48 Å². The molecular weight excluding hydrogens is 328 g/mol. The molecular formula is C19H30N6O. The smallest absolute Gasteiger partial charge is 0.308 e. The third-order valence-electron chi connectivity index (χ3n) is 5.05. The molecule has 0 N–H and O–H groups in total. The van der Waals surface area contributed by atoms with E-state index in [1.165, 1.54) is 5.56 Å². The Morgan fingerprint density at radius 1 is 1.27 bits per heavy atom. The molecule has 0 saturated carbocycles. The first-order valence-electron chi connectivity index (χ1n) is 9.52. The molecule has 0 radical (unpaired) electrons. The van der Waals surface area contributed by atoms with E-state index in [1.807, 2.05) is 38.0 Å². The Labute approximate surface area is 155 Å². The van der Waals surface area contributed by atoms with Crippen molar-refractivity contribution in [1.29, 1.82) is 0 Å². The van der Waals surface area contributed by atoms with Crippen LogP contribution in [0, 0.1) is 0 Å². The molecule has 142 valence electrons. The van der Waals surface area contributed by atoms with Crippen LogP contribution in [0.3, 0.4) is 0 Å². The van der Waals surface area contributed by atoms with E-state index in [1.54, 1.807) is 4.68 Å². The first-order valence-corrected chi connectivity index (χ1v) is 9.52. The molecule has 1 atom stereocenters. The summed E-state index contributed by atoms with van der Waals surface area (Å²) in [7, 11) is 4.03. The van der Waals surface area contributed by atoms with E-state index in [4.69, 9.17) is 5.10 Å². The highest BCUT2D eigenvalue weighted by Gasteiger charge is 2.27. The van der Waals surface area contributed by atoms with Gasteiger partial charge >= 0.3 is 5.69 Å². The first-order chi connectivity index (χ1) is 12.6. The average Bonchev–Trinajstić information content (AvgIpc) is 2.97. The van der Waals surface area contributed by atoms with Crippen molar-refractivity contribution in [1.82, 2.24) is 29.1 Å². The second-order valence-corrected chi connectivity index (χ2v) is 7.34. The summed E-state index contributed by atoms with van der Waals surface area (Å²) in [6, 6.07) is 4.14. The van der Waals surface area contributed by atoms with Crippen LogP contribution in [0.5, 0.6) is 0 Å². The Balaban J connectivity index is 1.75. The molecule has 0 amide bonds. The molecule has 1 aliphatic rings. The summed E-state index contributed by atoms with van der Waals surface area (Å²) in [5.74, 6) is 1.27. The molecule has 1 unspecified atom stereocenters. The molecule has 7 heteroatoms. The Hall–Kier alpha value is -1.99. The molecule has 0 aromatic carbocycles. The average molecular weight is 358 g/mol. The fourth-order valence-corrected chi connectivity index (χ4v) is 3.65. The van der Waals surface area contributed by atoms with Gasteiger partial charge in [0.2, 0.25) is 0 Å². The molecule has 0 aliphatic carbocycles. The zero-order chi connectivity index (χ0) is 18.5. The van der Waals surface area contributed by atoms with Gasteiger partial charge in [-0.1, -0.05) is 0 Å². The lowest BCUT2D eigenvalue weighted by molar-refractivity contribution is 0.194. The van der Waals surface area contributed by atoms with Gasteiger partial charge in [-0.15, -0.1) is 0 Å². The summed E-state index contributed by atoms with van der Waals surface area (Å²) < 4.78 is 3.50. The number of rotatable bonds is 7. The summed E-state index contributed by atoms with van der Waals surface area (Å²) in [5.41, 5.74) is 1.31. The van der Waals surface area contributed by atoms with Crippen molar-refractivity contribution in [2.24, 2.45) is 0 Å². The van der Waals surface area contributed by atoms with E-state index < -0.39 is 0 Å². The van der Waals surface area contributed by atoms with Crippen LogP contribution < -0.4 is 5.69 Å². The predicted molar refractivity (Wildman–Crippen MR) is 102 cm³/mol. The number of hydrogen-bond donors (Lipinski definition) is 0. The monoisotopic (exact) mass is 358 g/mol. The quantitative estimate of drug-likeness (QED) is 0.749. The Morgan fingerprint density at radius 2 is 2.04 bits per heavy atom. The van der Waals surface area contributed by atoms with Crippen LogP contribution in [-0.2, 0) is 19.6 Å². The second-order valence-electron chi connectivity index (χ2n) is 7.34. The zero-order valence-electron chi connectivity index (χ0n) is 16.1. The molecule has 3 rings (SSSR count). The molecule has 1 fully saturated rings. The maximum absolute atomic E-state index is 12.7. The number of likely N-dealkylation sites (tertiary alicyclic amines) is 1. The van der Waals surface area contributed by atoms with Gasteiger partial charge in [0.05, 0.1) is 6.54 Å². The highest BCUT2D eigenvalue weighted by molar-refractivity contribution is 5.10. The van der Waals surface area contributed by atoms with E-state index in [-0.39, 0.29) is 5.69 Å². The van der Waals surface area contributed by atoms with Gasteiger partial charge in [-0.3, -0.25) is 14.5 Å². The number of likely N-dealkylation sites (N-methyl/N-ethyl adjacent to an activating group) is 1. The highest BCUT2D eigenvalue weighted by atomic mass is 16.2. The topological polar surface area (TPSA) is 59.2 Å². The number of hydrogen-bond acceptors (Lipinski definition) is 5. The van der Waals surface area contributed by atoms with Crippen LogP contribution in [0.2, 0.25) is 0 Å². The van der Waals surface area contributed by atoms with Gasteiger partial charge in [0.1, 0.15) is 5.82 Å². The molecule has 2 aromatic heterocycles. The Kier molecular flexibility index (Phi) is 6.21. The van der Waals surface area contributed by atoms with Crippen molar-refractivity contribution in [3.63, 3.8) is 0 Å². The maximum Gasteiger partial charge on any atom is 0.345 e. The van der Waals surface area contributed by atoms with Gasteiger partial charge in [-0.2, -0.15) is 5.10 Å². The fourth-order valence-electron chi connectivity index (χ4n) is 3.65. The van der Waals surface area contributed by atoms with Crippen LogP contribution in [-0.4, -0.2) is 62.9 Å². The van der Waals surface area contributed by atoms with Crippen LogP contribution in [0.1, 0.15) is 37.1 Å². The predicted octanol–water partition coefficient (Wildman–Crippen LogP) is 1.40. The van der Waals surface area contributed by atoms with E-state index in [2.05, 4.69) is 26.9 Å². The van der Waals surface area contributed by atoms with E-state index >= 15 is 0 Å². The second kappa shape index (κ2) is 8.60. The third-order valence-corrected chi connectivity index (χ3v) is 5.05. The summed E-state index contributed by atoms with van der Waals surface area (Å²) in [6.07, 6.45) is 5.92. The molecule has 7 nitrogen and oxygen atoms in total. The molecule has 0 bridgehead atoms. The highest BCUT2D eigenvalue weighted by Crippen LogP contribution is 2.26. The molecule has 1 saturated heterocycles. The number of piperidine rings is 1. The van der Waals surface area contributed by atoms with Crippen molar-refractivity contribution in [3.05, 3.63) is 46.4 Å². The zero-order valence-corrected chi connectivity index (χ0v) is 16.1. The minimum Gasteiger partial charge on any atom is -0.308 e. The van der Waals surface area contributed by atoms with Gasteiger partial charge in [0.15, 0.2) is 0 Å². The Bertz CT molecular complexity index is 751.